The van der Waals surface area contributed by atoms with Gasteiger partial charge in [0, 0.05) is 12.3 Å². The maximum absolute atomic E-state index is 11.7. The molecule has 0 aromatic carbocycles. The molecule has 0 saturated heterocycles. The number of hydrogen-bond acceptors (Lipinski definition) is 11. The van der Waals surface area contributed by atoms with E-state index in [1.165, 1.54) is 84.7 Å². The summed E-state index contributed by atoms with van der Waals surface area (Å²) in [5.74, 6) is -1.41. The molecule has 17 nitrogen and oxygen atoms in total. The normalized spacial score (nSPS) is 13.5. The van der Waals surface area contributed by atoms with Crippen LogP contribution in [-0.2, 0) is 29.3 Å². The molecule has 52 heavy (non-hydrogen) atoms. The molecule has 0 bridgehead atoms. The van der Waals surface area contributed by atoms with Crippen molar-refractivity contribution in [2.45, 2.75) is 89.6 Å². The van der Waals surface area contributed by atoms with Crippen LogP contribution in [0.3, 0.4) is 0 Å². The van der Waals surface area contributed by atoms with E-state index in [-0.39, 0.29) is 13.2 Å². The lowest BCUT2D eigenvalue weighted by Crippen LogP contribution is -2.29. The molecule has 0 aliphatic carbocycles. The van der Waals surface area contributed by atoms with Crippen molar-refractivity contribution < 1.29 is 42.3 Å². The number of H-pyrrole nitrogens is 1. The van der Waals surface area contributed by atoms with Gasteiger partial charge in [0.1, 0.15) is 12.3 Å². The van der Waals surface area contributed by atoms with Crippen LogP contribution >= 0.6 is 22.8 Å². The van der Waals surface area contributed by atoms with Gasteiger partial charge < -0.3 is 43.9 Å². The highest BCUT2D eigenvalue weighted by molar-refractivity contribution is 7.75. The maximum atomic E-state index is 11.7. The molecule has 0 spiro atoms. The van der Waals surface area contributed by atoms with E-state index in [2.05, 4.69) is 107 Å². The average Bonchev–Trinajstić information content (AvgIpc) is 3.07. The third kappa shape index (κ3) is 36.0. The number of ether oxygens (including phenoxy) is 1. The molecule has 0 aliphatic heterocycles. The predicted octanol–water partition coefficient (Wildman–Crippen LogP) is 4.43. The molecule has 314 valence electrons. The van der Waals surface area contributed by atoms with E-state index < -0.39 is 46.3 Å². The van der Waals surface area contributed by atoms with Crippen molar-refractivity contribution in [1.82, 2.24) is 29.2 Å². The quantitative estimate of drug-likeness (QED) is 0.0857. The summed E-state index contributed by atoms with van der Waals surface area (Å²) in [5, 5.41) is 0. The third-order valence-electron chi connectivity index (χ3n) is 7.67. The van der Waals surface area contributed by atoms with Crippen molar-refractivity contribution in [1.29, 1.82) is 0 Å². The summed E-state index contributed by atoms with van der Waals surface area (Å²) in [4.78, 5) is 69.2. The van der Waals surface area contributed by atoms with Crippen molar-refractivity contribution in [3.05, 3.63) is 33.1 Å². The Morgan fingerprint density at radius 1 is 0.615 bits per heavy atom. The molecular weight excluding hydrogens is 737 g/mol. The summed E-state index contributed by atoms with van der Waals surface area (Å²) >= 11 is 0. The lowest BCUT2D eigenvalue weighted by atomic mass is 10.5. The highest BCUT2D eigenvalue weighted by atomic mass is 31.3. The lowest BCUT2D eigenvalue weighted by molar-refractivity contribution is 0.158. The maximum Gasteiger partial charge on any atom is 0.476 e. The van der Waals surface area contributed by atoms with E-state index in [1.807, 2.05) is 4.98 Å². The van der Waals surface area contributed by atoms with Crippen molar-refractivity contribution in [3.63, 3.8) is 0 Å². The Balaban J connectivity index is -0.000000334. The highest BCUT2D eigenvalue weighted by Gasteiger charge is 2.38. The molecular formula is C32H75N6O11P3. The Morgan fingerprint density at radius 3 is 1.19 bits per heavy atom. The fourth-order valence-corrected chi connectivity index (χ4v) is 9.16. The van der Waals surface area contributed by atoms with Crippen LogP contribution in [0.2, 0.25) is 0 Å². The van der Waals surface area contributed by atoms with Crippen LogP contribution in [0.4, 0.5) is 0 Å². The monoisotopic (exact) mass is 812 g/mol. The first-order chi connectivity index (χ1) is 24.2. The molecule has 2 atom stereocenters. The number of aromatic nitrogens is 2. The van der Waals surface area contributed by atoms with Crippen molar-refractivity contribution in [2.24, 2.45) is 0 Å². The summed E-state index contributed by atoms with van der Waals surface area (Å²) in [6, 6.07) is 1.08. The largest absolute Gasteiger partial charge is 0.476 e. The van der Waals surface area contributed by atoms with E-state index in [4.69, 9.17) is 19.4 Å². The van der Waals surface area contributed by atoms with Crippen LogP contribution in [0.5, 0.6) is 0 Å². The Labute approximate surface area is 313 Å². The van der Waals surface area contributed by atoms with Gasteiger partial charge in [-0.15, -0.1) is 0 Å². The number of hydrogen-bond donors (Lipinski definition) is 5. The number of nitrogens with one attached hydrogen (secondary N) is 1. The predicted molar refractivity (Wildman–Crippen MR) is 214 cm³/mol. The Morgan fingerprint density at radius 2 is 0.942 bits per heavy atom. The molecule has 20 heteroatoms. The van der Waals surface area contributed by atoms with Gasteiger partial charge in [0.25, 0.3) is 5.56 Å². The molecule has 1 aromatic rings. The minimum Gasteiger partial charge on any atom is -0.369 e. The van der Waals surface area contributed by atoms with Crippen LogP contribution in [0, 0.1) is 0 Å². The second kappa shape index (κ2) is 34.5. The van der Waals surface area contributed by atoms with Gasteiger partial charge >= 0.3 is 21.1 Å². The molecule has 0 radical (unpaired) electrons. The molecule has 5 N–H and O–H groups in total. The number of phosphoric acid groups is 1. The molecule has 1 rings (SSSR count). The van der Waals surface area contributed by atoms with Crippen molar-refractivity contribution in [2.75, 3.05) is 97.4 Å². The van der Waals surface area contributed by atoms with Crippen molar-refractivity contribution >= 4 is 22.8 Å². The summed E-state index contributed by atoms with van der Waals surface area (Å²) in [7, 11) is -14.7. The van der Waals surface area contributed by atoms with Crippen LogP contribution in [0.1, 0.15) is 83.1 Å². The second-order valence-corrected chi connectivity index (χ2v) is 17.0. The van der Waals surface area contributed by atoms with E-state index >= 15 is 0 Å². The molecule has 0 amide bonds. The van der Waals surface area contributed by atoms with Gasteiger partial charge in [0.2, 0.25) is 7.37 Å². The third-order valence-corrected chi connectivity index (χ3v) is 13.3. The first kappa shape index (κ1) is 57.7. The van der Waals surface area contributed by atoms with E-state index in [1.54, 1.807) is 0 Å². The number of nitrogens with zero attached hydrogens (tertiary/aromatic N) is 5. The molecule has 0 saturated carbocycles. The minimum atomic E-state index is -5.31. The van der Waals surface area contributed by atoms with Crippen LogP contribution in [0.15, 0.2) is 21.9 Å². The van der Waals surface area contributed by atoms with E-state index in [0.29, 0.717) is 0 Å². The molecule has 1 aromatic heterocycles. The fraction of sp³-hybridized carbons (Fsp3) is 0.875. The minimum absolute atomic E-state index is 0.0780. The standard InChI is InChI=1S/C8H15N2O11P3.4C6H15N/c11-7-1-2-10(8(12)9-7)3-4-20-5-22(13,14)6-23(15,16)21-24(17,18)19;4*1-4-7(5-2)6-3/h1-2H,3-6H2,(H,13,14)(H,15,16)(H,9,11,12)(H2,17,18,19);4*4-6H2,1-3H3. The van der Waals surface area contributed by atoms with Crippen LogP contribution in [-0.4, -0.2) is 146 Å². The number of aromatic amines is 1. The van der Waals surface area contributed by atoms with Gasteiger partial charge in [-0.1, -0.05) is 83.1 Å². The van der Waals surface area contributed by atoms with E-state index in [9.17, 15) is 28.2 Å². The lowest BCUT2D eigenvalue weighted by Gasteiger charge is -2.16. The molecule has 1 heterocycles. The van der Waals surface area contributed by atoms with Gasteiger partial charge in [0.15, 0.2) is 0 Å². The Bertz CT molecular complexity index is 1150. The highest BCUT2D eigenvalue weighted by Crippen LogP contribution is 2.64. The SMILES string of the molecule is CCN(CC)CC.CCN(CC)CC.CCN(CC)CC.CCN(CC)CC.O=c1ccn(CCOCP(=O)(O)CP(=O)(O)OP(=O)(O)O)c(=O)[nH]1. The van der Waals surface area contributed by atoms with Crippen LogP contribution < -0.4 is 11.2 Å². The Hall–Kier alpha value is -1.03. The van der Waals surface area contributed by atoms with Gasteiger partial charge in [0.05, 0.1) is 13.2 Å². The van der Waals surface area contributed by atoms with Gasteiger partial charge in [-0.05, 0) is 78.5 Å². The van der Waals surface area contributed by atoms with Gasteiger partial charge in [-0.25, -0.2) is 13.7 Å². The molecule has 0 fully saturated rings. The zero-order valence-electron chi connectivity index (χ0n) is 34.2. The summed E-state index contributed by atoms with van der Waals surface area (Å²) in [6.07, 6.45) is 0.277. The summed E-state index contributed by atoms with van der Waals surface area (Å²) in [6.45, 7) is 40.2. The van der Waals surface area contributed by atoms with Gasteiger partial charge in [-0.3, -0.25) is 23.5 Å². The smallest absolute Gasteiger partial charge is 0.369 e. The Kier molecular flexibility index (Phi) is 38.2. The first-order valence-corrected chi connectivity index (χ1v) is 23.7. The topological polar surface area (TPSA) is 218 Å². The van der Waals surface area contributed by atoms with E-state index in [0.717, 1.165) is 10.6 Å². The molecule has 2 unspecified atom stereocenters. The first-order valence-electron chi connectivity index (χ1n) is 18.3. The van der Waals surface area contributed by atoms with Crippen molar-refractivity contribution in [3.8, 4) is 0 Å². The van der Waals surface area contributed by atoms with Crippen LogP contribution in [0.25, 0.3) is 0 Å². The average molecular weight is 813 g/mol. The van der Waals surface area contributed by atoms with Gasteiger partial charge in [-0.2, -0.15) is 0 Å². The molecule has 0 aliphatic rings. The zero-order valence-corrected chi connectivity index (χ0v) is 36.9. The summed E-state index contributed by atoms with van der Waals surface area (Å²) in [5.41, 5.74) is -1.31. The fourth-order valence-electron chi connectivity index (χ4n) is 4.19. The zero-order chi connectivity index (χ0) is 41.4. The summed E-state index contributed by atoms with van der Waals surface area (Å²) < 4.78 is 43.0. The number of rotatable bonds is 21. The second-order valence-electron chi connectivity index (χ2n) is 11.0.